The van der Waals surface area contributed by atoms with E-state index < -0.39 is 10.0 Å². The van der Waals surface area contributed by atoms with E-state index in [1.807, 2.05) is 14.0 Å². The smallest absolute Gasteiger partial charge is 0.253 e. The summed E-state index contributed by atoms with van der Waals surface area (Å²) >= 11 is 0. The summed E-state index contributed by atoms with van der Waals surface area (Å²) in [5, 5.41) is 4.84. The molecule has 0 aliphatic carbocycles. The highest BCUT2D eigenvalue weighted by Gasteiger charge is 2.21. The Kier molecular flexibility index (Phi) is 5.51. The number of piperazine rings is 1. The van der Waals surface area contributed by atoms with Crippen LogP contribution in [0.3, 0.4) is 0 Å². The van der Waals surface area contributed by atoms with Crippen LogP contribution in [0.1, 0.15) is 13.3 Å². The van der Waals surface area contributed by atoms with Gasteiger partial charge >= 0.3 is 0 Å². The van der Waals surface area contributed by atoms with Gasteiger partial charge < -0.3 is 10.2 Å². The van der Waals surface area contributed by atoms with Gasteiger partial charge in [0.2, 0.25) is 0 Å². The van der Waals surface area contributed by atoms with Gasteiger partial charge in [0.05, 0.1) is 4.90 Å². The van der Waals surface area contributed by atoms with Crippen LogP contribution in [-0.4, -0.2) is 63.1 Å². The highest BCUT2D eigenvalue weighted by molar-refractivity contribution is 7.89. The summed E-state index contributed by atoms with van der Waals surface area (Å²) in [5.41, 5.74) is 0. The van der Waals surface area contributed by atoms with Crippen LogP contribution in [0, 0.1) is 0 Å². The van der Waals surface area contributed by atoms with Gasteiger partial charge in [0.15, 0.2) is 0 Å². The Morgan fingerprint density at radius 1 is 1.29 bits per heavy atom. The van der Waals surface area contributed by atoms with Gasteiger partial charge in [-0.25, -0.2) is 18.4 Å². The molecule has 1 fully saturated rings. The Morgan fingerprint density at radius 3 is 2.67 bits per heavy atom. The van der Waals surface area contributed by atoms with Crippen molar-refractivity contribution < 1.29 is 8.42 Å². The van der Waals surface area contributed by atoms with Crippen LogP contribution in [0.2, 0.25) is 0 Å². The SMILES string of the molecule is CCCNc1cc(S(=O)(=O)NN2CCN(C)CC2)ccn1. The first-order chi connectivity index (χ1) is 10.0. The molecular weight excluding hydrogens is 290 g/mol. The van der Waals surface area contributed by atoms with Gasteiger partial charge in [-0.15, -0.1) is 4.83 Å². The molecular formula is C13H23N5O2S. The number of nitrogens with one attached hydrogen (secondary N) is 2. The first kappa shape index (κ1) is 16.2. The monoisotopic (exact) mass is 313 g/mol. The quantitative estimate of drug-likeness (QED) is 0.789. The van der Waals surface area contributed by atoms with Crippen molar-refractivity contribution in [3.05, 3.63) is 18.3 Å². The van der Waals surface area contributed by atoms with E-state index in [2.05, 4.69) is 20.0 Å². The Hall–Kier alpha value is -1.22. The summed E-state index contributed by atoms with van der Waals surface area (Å²) < 4.78 is 24.8. The van der Waals surface area contributed by atoms with E-state index >= 15 is 0 Å². The number of aromatic nitrogens is 1. The molecule has 1 aromatic rings. The normalized spacial score (nSPS) is 17.8. The summed E-state index contributed by atoms with van der Waals surface area (Å²) in [6, 6.07) is 3.07. The maximum absolute atomic E-state index is 12.4. The topological polar surface area (TPSA) is 77.6 Å². The molecule has 7 nitrogen and oxygen atoms in total. The third-order valence-corrected chi connectivity index (χ3v) is 4.72. The molecule has 0 aromatic carbocycles. The number of anilines is 1. The zero-order valence-electron chi connectivity index (χ0n) is 12.5. The molecule has 0 bridgehead atoms. The van der Waals surface area contributed by atoms with Crippen LogP contribution >= 0.6 is 0 Å². The van der Waals surface area contributed by atoms with Gasteiger partial charge in [-0.1, -0.05) is 6.92 Å². The highest BCUT2D eigenvalue weighted by atomic mass is 32.2. The number of hydrazine groups is 1. The molecule has 1 aromatic heterocycles. The lowest BCUT2D eigenvalue weighted by molar-refractivity contribution is 0.135. The standard InChI is InChI=1S/C13H23N5O2S/c1-3-5-14-13-11-12(4-6-15-13)21(19,20)16-18-9-7-17(2)8-10-18/h4,6,11,16H,3,5,7-10H2,1-2H3,(H,14,15). The van der Waals surface area contributed by atoms with Crippen molar-refractivity contribution in [1.82, 2.24) is 19.7 Å². The lowest BCUT2D eigenvalue weighted by Gasteiger charge is -2.32. The fourth-order valence-corrected chi connectivity index (χ4v) is 3.18. The number of hydrogen-bond donors (Lipinski definition) is 2. The molecule has 2 N–H and O–H groups in total. The zero-order chi connectivity index (χ0) is 15.3. The van der Waals surface area contributed by atoms with Crippen molar-refractivity contribution in [2.24, 2.45) is 0 Å². The molecule has 2 heterocycles. The van der Waals surface area contributed by atoms with E-state index in [1.54, 1.807) is 11.1 Å². The largest absolute Gasteiger partial charge is 0.370 e. The van der Waals surface area contributed by atoms with Crippen LogP contribution in [0.5, 0.6) is 0 Å². The second-order valence-corrected chi connectivity index (χ2v) is 6.85. The van der Waals surface area contributed by atoms with Gasteiger partial charge in [-0.3, -0.25) is 0 Å². The van der Waals surface area contributed by atoms with Crippen LogP contribution in [0.4, 0.5) is 5.82 Å². The molecule has 0 radical (unpaired) electrons. The summed E-state index contributed by atoms with van der Waals surface area (Å²) in [5.74, 6) is 0.582. The van der Waals surface area contributed by atoms with E-state index in [9.17, 15) is 8.42 Å². The Morgan fingerprint density at radius 2 is 2.00 bits per heavy atom. The Labute approximate surface area is 126 Å². The molecule has 1 saturated heterocycles. The molecule has 2 rings (SSSR count). The maximum Gasteiger partial charge on any atom is 0.253 e. The predicted octanol–water partition coefficient (Wildman–Crippen LogP) is 0.344. The third kappa shape index (κ3) is 4.63. The molecule has 21 heavy (non-hydrogen) atoms. The minimum Gasteiger partial charge on any atom is -0.370 e. The average Bonchev–Trinajstić information content (AvgIpc) is 2.48. The molecule has 0 saturated carbocycles. The number of sulfonamides is 1. The van der Waals surface area contributed by atoms with E-state index in [-0.39, 0.29) is 4.90 Å². The molecule has 0 spiro atoms. The number of pyridine rings is 1. The molecule has 0 atom stereocenters. The Balaban J connectivity index is 2.05. The summed E-state index contributed by atoms with van der Waals surface area (Å²) in [4.78, 5) is 9.16. The second kappa shape index (κ2) is 7.17. The minimum atomic E-state index is -3.55. The van der Waals surface area contributed by atoms with Crippen LogP contribution < -0.4 is 10.1 Å². The third-order valence-electron chi connectivity index (χ3n) is 3.35. The van der Waals surface area contributed by atoms with Crippen molar-refractivity contribution in [2.75, 3.05) is 45.1 Å². The summed E-state index contributed by atoms with van der Waals surface area (Å²) in [6.07, 6.45) is 2.47. The molecule has 0 unspecified atom stereocenters. The Bertz CT molecular complexity index is 555. The van der Waals surface area contributed by atoms with Crippen LogP contribution in [0.15, 0.2) is 23.2 Å². The molecule has 1 aliphatic heterocycles. The average molecular weight is 313 g/mol. The van der Waals surface area contributed by atoms with Crippen LogP contribution in [0.25, 0.3) is 0 Å². The fourth-order valence-electron chi connectivity index (χ4n) is 2.05. The maximum atomic E-state index is 12.4. The van der Waals surface area contributed by atoms with E-state index in [0.29, 0.717) is 18.9 Å². The molecule has 1 aliphatic rings. The zero-order valence-corrected chi connectivity index (χ0v) is 13.4. The van der Waals surface area contributed by atoms with Gasteiger partial charge in [-0.05, 0) is 19.5 Å². The number of nitrogens with zero attached hydrogens (tertiary/aromatic N) is 3. The second-order valence-electron chi connectivity index (χ2n) is 5.19. The fraction of sp³-hybridized carbons (Fsp3) is 0.615. The van der Waals surface area contributed by atoms with Crippen molar-refractivity contribution in [1.29, 1.82) is 0 Å². The number of hydrogen-bond acceptors (Lipinski definition) is 6. The molecule has 118 valence electrons. The predicted molar refractivity (Wildman–Crippen MR) is 82.4 cm³/mol. The van der Waals surface area contributed by atoms with Crippen LogP contribution in [-0.2, 0) is 10.0 Å². The summed E-state index contributed by atoms with van der Waals surface area (Å²) in [7, 11) is -1.52. The van der Waals surface area contributed by atoms with E-state index in [1.165, 1.54) is 12.3 Å². The number of likely N-dealkylation sites (N-methyl/N-ethyl adjacent to an activating group) is 1. The highest BCUT2D eigenvalue weighted by Crippen LogP contribution is 2.13. The molecule has 0 amide bonds. The lowest BCUT2D eigenvalue weighted by Crippen LogP contribution is -2.52. The van der Waals surface area contributed by atoms with Crippen molar-refractivity contribution in [2.45, 2.75) is 18.2 Å². The lowest BCUT2D eigenvalue weighted by atomic mass is 10.4. The van der Waals surface area contributed by atoms with Crippen molar-refractivity contribution >= 4 is 15.8 Å². The number of rotatable bonds is 6. The van der Waals surface area contributed by atoms with Gasteiger partial charge in [-0.2, -0.15) is 0 Å². The van der Waals surface area contributed by atoms with Crippen molar-refractivity contribution in [3.63, 3.8) is 0 Å². The van der Waals surface area contributed by atoms with Gasteiger partial charge in [0.1, 0.15) is 5.82 Å². The summed E-state index contributed by atoms with van der Waals surface area (Å²) in [6.45, 7) is 5.87. The first-order valence-electron chi connectivity index (χ1n) is 7.17. The van der Waals surface area contributed by atoms with Crippen molar-refractivity contribution in [3.8, 4) is 0 Å². The minimum absolute atomic E-state index is 0.232. The first-order valence-corrected chi connectivity index (χ1v) is 8.65. The van der Waals surface area contributed by atoms with Gasteiger partial charge in [0.25, 0.3) is 10.0 Å². The van der Waals surface area contributed by atoms with E-state index in [0.717, 1.165) is 26.1 Å². The van der Waals surface area contributed by atoms with E-state index in [4.69, 9.17) is 0 Å². The molecule has 8 heteroatoms. The van der Waals surface area contributed by atoms with Gasteiger partial charge in [0, 0.05) is 45.0 Å².